The standard InChI is InChI=1S/C25H38FN5O/c1-5-30-12-14-31(15-13-30)11-6-10-28-21(4)25(29-20(3)9-16-32)17-19(2)23-18-22(26)7-8-24(23)27/h7-9,16-18,28-29H,5-6,10-15,27H2,1-4H3/b19-17+,20-9+,25-21-. The number of benzene rings is 1. The number of carbonyl (C=O) groups excluding carboxylic acids is 1. The number of rotatable bonds is 11. The summed E-state index contributed by atoms with van der Waals surface area (Å²) in [4.78, 5) is 15.9. The summed E-state index contributed by atoms with van der Waals surface area (Å²) < 4.78 is 13.7. The highest BCUT2D eigenvalue weighted by Crippen LogP contribution is 2.23. The lowest BCUT2D eigenvalue weighted by atomic mass is 10.0. The highest BCUT2D eigenvalue weighted by atomic mass is 19.1. The fourth-order valence-electron chi connectivity index (χ4n) is 3.76. The largest absolute Gasteiger partial charge is 0.398 e. The maximum atomic E-state index is 13.7. The van der Waals surface area contributed by atoms with E-state index in [1.165, 1.54) is 18.2 Å². The van der Waals surface area contributed by atoms with Gasteiger partial charge in [0.05, 0.1) is 5.70 Å². The quantitative estimate of drug-likeness (QED) is 0.160. The van der Waals surface area contributed by atoms with Crippen LogP contribution in [-0.4, -0.2) is 61.9 Å². The van der Waals surface area contributed by atoms with Crippen molar-refractivity contribution in [2.75, 3.05) is 51.5 Å². The number of halogens is 1. The van der Waals surface area contributed by atoms with Crippen molar-refractivity contribution in [2.24, 2.45) is 0 Å². The van der Waals surface area contributed by atoms with Gasteiger partial charge in [0.25, 0.3) is 0 Å². The van der Waals surface area contributed by atoms with Gasteiger partial charge in [0, 0.05) is 55.4 Å². The van der Waals surface area contributed by atoms with Gasteiger partial charge in [-0.25, -0.2) is 4.39 Å². The molecule has 176 valence electrons. The smallest absolute Gasteiger partial charge is 0.144 e. The molecular weight excluding hydrogens is 405 g/mol. The van der Waals surface area contributed by atoms with Gasteiger partial charge in [0.15, 0.2) is 0 Å². The van der Waals surface area contributed by atoms with Crippen LogP contribution in [0.3, 0.4) is 0 Å². The Morgan fingerprint density at radius 2 is 1.84 bits per heavy atom. The van der Waals surface area contributed by atoms with Crippen LogP contribution in [0.1, 0.15) is 39.7 Å². The molecule has 0 aliphatic carbocycles. The molecule has 0 spiro atoms. The van der Waals surface area contributed by atoms with Gasteiger partial charge in [-0.1, -0.05) is 6.92 Å². The molecule has 1 saturated heterocycles. The average Bonchev–Trinajstić information content (AvgIpc) is 2.78. The van der Waals surface area contributed by atoms with Crippen LogP contribution in [0.25, 0.3) is 5.57 Å². The molecule has 1 aliphatic heterocycles. The second-order valence-electron chi connectivity index (χ2n) is 8.26. The molecular formula is C25H38FN5O. The first-order valence-corrected chi connectivity index (χ1v) is 11.4. The number of carbonyl (C=O) groups is 1. The zero-order valence-corrected chi connectivity index (χ0v) is 19.9. The number of hydrogen-bond acceptors (Lipinski definition) is 6. The van der Waals surface area contributed by atoms with Crippen LogP contribution in [0, 0.1) is 5.82 Å². The molecule has 0 radical (unpaired) electrons. The van der Waals surface area contributed by atoms with E-state index in [4.69, 9.17) is 5.73 Å². The number of hydrogen-bond donors (Lipinski definition) is 3. The number of piperazine rings is 1. The van der Waals surface area contributed by atoms with E-state index < -0.39 is 0 Å². The number of likely N-dealkylation sites (N-methyl/N-ethyl adjacent to an activating group) is 1. The van der Waals surface area contributed by atoms with Crippen LogP contribution in [0.4, 0.5) is 10.1 Å². The van der Waals surface area contributed by atoms with Crippen molar-refractivity contribution in [3.63, 3.8) is 0 Å². The van der Waals surface area contributed by atoms with E-state index in [1.54, 1.807) is 6.07 Å². The van der Waals surface area contributed by atoms with Gasteiger partial charge in [0.1, 0.15) is 12.1 Å². The molecule has 0 unspecified atom stereocenters. The Labute approximate surface area is 192 Å². The highest BCUT2D eigenvalue weighted by molar-refractivity contribution is 5.75. The maximum absolute atomic E-state index is 13.7. The molecule has 2 rings (SSSR count). The molecule has 0 bridgehead atoms. The number of allylic oxidation sites excluding steroid dienone is 5. The van der Waals surface area contributed by atoms with E-state index in [0.29, 0.717) is 11.3 Å². The van der Waals surface area contributed by atoms with Crippen LogP contribution in [0.5, 0.6) is 0 Å². The van der Waals surface area contributed by atoms with Crippen molar-refractivity contribution in [1.82, 2.24) is 20.4 Å². The minimum absolute atomic E-state index is 0.327. The number of nitrogen functional groups attached to an aromatic ring is 1. The fourth-order valence-corrected chi connectivity index (χ4v) is 3.76. The van der Waals surface area contributed by atoms with Gasteiger partial charge in [-0.15, -0.1) is 0 Å². The van der Waals surface area contributed by atoms with Crippen LogP contribution in [-0.2, 0) is 4.79 Å². The minimum Gasteiger partial charge on any atom is -0.398 e. The maximum Gasteiger partial charge on any atom is 0.144 e. The van der Waals surface area contributed by atoms with Gasteiger partial charge in [-0.05, 0) is 76.2 Å². The third kappa shape index (κ3) is 8.13. The molecule has 0 saturated carbocycles. The topological polar surface area (TPSA) is 73.6 Å². The lowest BCUT2D eigenvalue weighted by Crippen LogP contribution is -2.46. The summed E-state index contributed by atoms with van der Waals surface area (Å²) in [6, 6.07) is 4.36. The Kier molecular flexibility index (Phi) is 10.4. The molecule has 1 aliphatic rings. The Bertz CT molecular complexity index is 854. The second-order valence-corrected chi connectivity index (χ2v) is 8.26. The van der Waals surface area contributed by atoms with Crippen LogP contribution >= 0.6 is 0 Å². The van der Waals surface area contributed by atoms with Crippen molar-refractivity contribution < 1.29 is 9.18 Å². The van der Waals surface area contributed by atoms with Crippen LogP contribution < -0.4 is 16.4 Å². The zero-order chi connectivity index (χ0) is 23.5. The van der Waals surface area contributed by atoms with Gasteiger partial charge in [-0.2, -0.15) is 0 Å². The van der Waals surface area contributed by atoms with E-state index in [2.05, 4.69) is 27.4 Å². The Morgan fingerprint density at radius 1 is 1.16 bits per heavy atom. The second kappa shape index (κ2) is 13.0. The lowest BCUT2D eigenvalue weighted by molar-refractivity contribution is -0.104. The number of aldehydes is 1. The van der Waals surface area contributed by atoms with Crippen molar-refractivity contribution in [1.29, 1.82) is 0 Å². The van der Waals surface area contributed by atoms with E-state index in [-0.39, 0.29) is 5.82 Å². The third-order valence-corrected chi connectivity index (χ3v) is 5.81. The summed E-state index contributed by atoms with van der Waals surface area (Å²) in [5.74, 6) is -0.327. The van der Waals surface area contributed by atoms with Crippen molar-refractivity contribution in [3.8, 4) is 0 Å². The van der Waals surface area contributed by atoms with Gasteiger partial charge < -0.3 is 26.2 Å². The molecule has 1 aromatic rings. The van der Waals surface area contributed by atoms with Crippen molar-refractivity contribution >= 4 is 17.5 Å². The SMILES string of the molecule is CCN1CCN(CCCN/C(C)=C(/C=C(\C)c2cc(F)ccc2N)N/C(C)=C/C=O)CC1. The number of nitrogens with one attached hydrogen (secondary N) is 2. The predicted octanol–water partition coefficient (Wildman–Crippen LogP) is 3.35. The summed E-state index contributed by atoms with van der Waals surface area (Å²) >= 11 is 0. The number of nitrogens with two attached hydrogens (primary N) is 1. The molecule has 1 fully saturated rings. The van der Waals surface area contributed by atoms with E-state index >= 15 is 0 Å². The summed E-state index contributed by atoms with van der Waals surface area (Å²) in [6.07, 6.45) is 5.20. The van der Waals surface area contributed by atoms with Gasteiger partial charge >= 0.3 is 0 Å². The number of anilines is 1. The fraction of sp³-hybridized carbons (Fsp3) is 0.480. The molecule has 0 amide bonds. The molecule has 1 heterocycles. The summed E-state index contributed by atoms with van der Waals surface area (Å²) in [7, 11) is 0. The summed E-state index contributed by atoms with van der Waals surface area (Å²) in [6.45, 7) is 15.5. The number of nitrogens with zero attached hydrogens (tertiary/aromatic N) is 2. The predicted molar refractivity (Wildman–Crippen MR) is 131 cm³/mol. The zero-order valence-electron chi connectivity index (χ0n) is 19.9. The highest BCUT2D eigenvalue weighted by Gasteiger charge is 2.14. The first kappa shape index (κ1) is 25.6. The van der Waals surface area contributed by atoms with Crippen LogP contribution in [0.2, 0.25) is 0 Å². The van der Waals surface area contributed by atoms with Crippen LogP contribution in [0.15, 0.2) is 47.4 Å². The first-order chi connectivity index (χ1) is 15.3. The van der Waals surface area contributed by atoms with Gasteiger partial charge in [-0.3, -0.25) is 4.79 Å². The van der Waals surface area contributed by atoms with E-state index in [9.17, 15) is 9.18 Å². The first-order valence-electron chi connectivity index (χ1n) is 11.4. The molecule has 7 heteroatoms. The minimum atomic E-state index is -0.327. The molecule has 0 aromatic heterocycles. The van der Waals surface area contributed by atoms with Gasteiger partial charge in [0.2, 0.25) is 0 Å². The third-order valence-electron chi connectivity index (χ3n) is 5.81. The Hall–Kier alpha value is -2.64. The molecule has 1 aromatic carbocycles. The lowest BCUT2D eigenvalue weighted by Gasteiger charge is -2.34. The average molecular weight is 444 g/mol. The molecule has 32 heavy (non-hydrogen) atoms. The van der Waals surface area contributed by atoms with Crippen molar-refractivity contribution in [2.45, 2.75) is 34.1 Å². The monoisotopic (exact) mass is 443 g/mol. The summed E-state index contributed by atoms with van der Waals surface area (Å²) in [5.41, 5.74) is 10.6. The Morgan fingerprint density at radius 3 is 2.50 bits per heavy atom. The molecule has 4 N–H and O–H groups in total. The van der Waals surface area contributed by atoms with E-state index in [0.717, 1.165) is 81.2 Å². The molecule has 6 nitrogen and oxygen atoms in total. The van der Waals surface area contributed by atoms with E-state index in [1.807, 2.05) is 26.8 Å². The summed E-state index contributed by atoms with van der Waals surface area (Å²) in [5, 5.41) is 6.76. The molecule has 0 atom stereocenters. The normalized spacial score (nSPS) is 17.2. The Balaban J connectivity index is 2.06. The van der Waals surface area contributed by atoms with Crippen molar-refractivity contribution in [3.05, 3.63) is 58.8 Å².